The molecular weight excluding hydrogens is 248 g/mol. The number of allylic oxidation sites excluding steroid dienone is 1. The van der Waals surface area contributed by atoms with E-state index in [0.717, 1.165) is 19.8 Å². The predicted octanol–water partition coefficient (Wildman–Crippen LogP) is 2.41. The molecule has 4 rings (SSSR count). The molecule has 1 aromatic carbocycles. The average Bonchev–Trinajstić information content (AvgIpc) is 2.59. The third-order valence-electron chi connectivity index (χ3n) is 4.27. The van der Waals surface area contributed by atoms with Gasteiger partial charge >= 0.3 is 0 Å². The monoisotopic (exact) mass is 266 g/mol. The molecule has 0 amide bonds. The Balaban J connectivity index is 1.78. The van der Waals surface area contributed by atoms with Crippen molar-refractivity contribution in [2.24, 2.45) is 0 Å². The van der Waals surface area contributed by atoms with Gasteiger partial charge in [-0.1, -0.05) is 24.3 Å². The van der Waals surface area contributed by atoms with E-state index in [4.69, 9.17) is 0 Å². The number of rotatable bonds is 0. The van der Waals surface area contributed by atoms with Gasteiger partial charge in [0.1, 0.15) is 0 Å². The molecule has 2 heterocycles. The van der Waals surface area contributed by atoms with Crippen LogP contribution < -0.4 is 4.90 Å². The highest BCUT2D eigenvalue weighted by molar-refractivity contribution is 5.60. The maximum atomic E-state index is 10.2. The van der Waals surface area contributed by atoms with Gasteiger partial charge in [0.25, 0.3) is 0 Å². The Labute approximate surface area is 119 Å². The van der Waals surface area contributed by atoms with E-state index in [0.29, 0.717) is 0 Å². The van der Waals surface area contributed by atoms with Gasteiger partial charge in [0.15, 0.2) is 0 Å². The van der Waals surface area contributed by atoms with Crippen molar-refractivity contribution in [3.05, 3.63) is 65.4 Å². The van der Waals surface area contributed by atoms with Crippen molar-refractivity contribution in [2.45, 2.75) is 19.1 Å². The molecule has 102 valence electrons. The highest BCUT2D eigenvalue weighted by atomic mass is 16.3. The van der Waals surface area contributed by atoms with E-state index in [2.05, 4.69) is 46.2 Å². The standard InChI is InChI=1S/C17H18N2O/c1-17(20)8-6-14-11-18-12-19(16(14)7-9-17)10-13-4-2-3-5-15(13)18/h2-9,20H,10-12H2,1H3. The van der Waals surface area contributed by atoms with Crippen LogP contribution in [0.3, 0.4) is 0 Å². The first-order valence-electron chi connectivity index (χ1n) is 7.04. The zero-order valence-corrected chi connectivity index (χ0v) is 11.6. The first-order chi connectivity index (χ1) is 9.62. The summed E-state index contributed by atoms with van der Waals surface area (Å²) in [5, 5.41) is 10.2. The summed E-state index contributed by atoms with van der Waals surface area (Å²) in [5.41, 5.74) is 4.38. The normalized spacial score (nSPS) is 27.3. The van der Waals surface area contributed by atoms with Gasteiger partial charge < -0.3 is 14.9 Å². The number of benzene rings is 1. The lowest BCUT2D eigenvalue weighted by molar-refractivity contribution is 0.164. The number of nitrogens with zero attached hydrogens (tertiary/aromatic N) is 2. The summed E-state index contributed by atoms with van der Waals surface area (Å²) in [4.78, 5) is 4.78. The number of fused-ring (bicyclic) bond motifs is 5. The maximum absolute atomic E-state index is 10.2. The topological polar surface area (TPSA) is 26.7 Å². The predicted molar refractivity (Wildman–Crippen MR) is 80.1 cm³/mol. The number of hydrogen-bond donors (Lipinski definition) is 1. The molecule has 0 radical (unpaired) electrons. The molecule has 1 aromatic rings. The minimum atomic E-state index is -0.852. The molecule has 20 heavy (non-hydrogen) atoms. The number of aliphatic hydroxyl groups is 1. The van der Waals surface area contributed by atoms with Crippen molar-refractivity contribution in [3.8, 4) is 0 Å². The van der Waals surface area contributed by atoms with E-state index in [1.165, 1.54) is 22.5 Å². The van der Waals surface area contributed by atoms with Crippen molar-refractivity contribution >= 4 is 5.69 Å². The van der Waals surface area contributed by atoms with Gasteiger partial charge in [0.05, 0.1) is 12.3 Å². The van der Waals surface area contributed by atoms with E-state index in [1.807, 2.05) is 19.1 Å². The lowest BCUT2D eigenvalue weighted by atomic mass is 10.0. The van der Waals surface area contributed by atoms with Crippen molar-refractivity contribution in [1.29, 1.82) is 0 Å². The van der Waals surface area contributed by atoms with Crippen LogP contribution in [0.2, 0.25) is 0 Å². The van der Waals surface area contributed by atoms with Gasteiger partial charge in [-0.05, 0) is 42.4 Å². The van der Waals surface area contributed by atoms with Crippen LogP contribution >= 0.6 is 0 Å². The van der Waals surface area contributed by atoms with Crippen molar-refractivity contribution in [2.75, 3.05) is 18.1 Å². The Kier molecular flexibility index (Phi) is 2.36. The quantitative estimate of drug-likeness (QED) is 0.781. The van der Waals surface area contributed by atoms with Gasteiger partial charge in [-0.15, -0.1) is 0 Å². The molecule has 1 atom stereocenters. The molecule has 0 fully saturated rings. The van der Waals surface area contributed by atoms with E-state index in [1.54, 1.807) is 0 Å². The Morgan fingerprint density at radius 1 is 1.05 bits per heavy atom. The highest BCUT2D eigenvalue weighted by Crippen LogP contribution is 2.36. The second-order valence-electron chi connectivity index (χ2n) is 5.97. The first kappa shape index (κ1) is 11.8. The van der Waals surface area contributed by atoms with Crippen LogP contribution in [0.5, 0.6) is 0 Å². The number of para-hydroxylation sites is 1. The van der Waals surface area contributed by atoms with Gasteiger partial charge in [-0.2, -0.15) is 0 Å². The maximum Gasteiger partial charge on any atom is 0.0987 e. The Hall–Kier alpha value is -2.00. The Morgan fingerprint density at radius 3 is 2.75 bits per heavy atom. The second kappa shape index (κ2) is 4.00. The minimum absolute atomic E-state index is 0.852. The molecule has 0 spiro atoms. The van der Waals surface area contributed by atoms with E-state index in [9.17, 15) is 5.11 Å². The van der Waals surface area contributed by atoms with E-state index in [-0.39, 0.29) is 0 Å². The lowest BCUT2D eigenvalue weighted by Gasteiger charge is -2.44. The first-order valence-corrected chi connectivity index (χ1v) is 7.04. The fourth-order valence-electron chi connectivity index (χ4n) is 3.20. The smallest absolute Gasteiger partial charge is 0.0987 e. The largest absolute Gasteiger partial charge is 0.382 e. The van der Waals surface area contributed by atoms with E-state index >= 15 is 0 Å². The van der Waals surface area contributed by atoms with Gasteiger partial charge in [-0.25, -0.2) is 0 Å². The lowest BCUT2D eigenvalue weighted by Crippen LogP contribution is -2.46. The fourth-order valence-corrected chi connectivity index (χ4v) is 3.20. The number of anilines is 1. The molecule has 1 aliphatic carbocycles. The Bertz CT molecular complexity index is 655. The SMILES string of the molecule is CC1(O)C=CC2=C(C=C1)N1Cc3ccccc3N(C2)C1. The van der Waals surface area contributed by atoms with Crippen LogP contribution in [0.4, 0.5) is 5.69 Å². The molecule has 3 aliphatic rings. The summed E-state index contributed by atoms with van der Waals surface area (Å²) in [7, 11) is 0. The fraction of sp³-hybridized carbons (Fsp3) is 0.294. The molecular formula is C17H18N2O. The highest BCUT2D eigenvalue weighted by Gasteiger charge is 2.30. The molecule has 1 unspecified atom stereocenters. The second-order valence-corrected chi connectivity index (χ2v) is 5.97. The zero-order chi connectivity index (χ0) is 13.7. The summed E-state index contributed by atoms with van der Waals surface area (Å²) >= 11 is 0. The van der Waals surface area contributed by atoms with Crippen LogP contribution in [0.15, 0.2) is 59.8 Å². The van der Waals surface area contributed by atoms with Crippen LogP contribution in [-0.4, -0.2) is 28.8 Å². The molecule has 0 saturated heterocycles. The minimum Gasteiger partial charge on any atom is -0.382 e. The number of hydrogen-bond acceptors (Lipinski definition) is 3. The molecule has 3 nitrogen and oxygen atoms in total. The molecule has 1 N–H and O–H groups in total. The third-order valence-corrected chi connectivity index (χ3v) is 4.27. The average molecular weight is 266 g/mol. The van der Waals surface area contributed by atoms with Crippen molar-refractivity contribution in [1.82, 2.24) is 4.90 Å². The summed E-state index contributed by atoms with van der Waals surface area (Å²) < 4.78 is 0. The molecule has 0 aromatic heterocycles. The third kappa shape index (κ3) is 1.78. The van der Waals surface area contributed by atoms with Gasteiger partial charge in [0, 0.05) is 24.5 Å². The van der Waals surface area contributed by atoms with Gasteiger partial charge in [0.2, 0.25) is 0 Å². The van der Waals surface area contributed by atoms with E-state index < -0.39 is 5.60 Å². The van der Waals surface area contributed by atoms with Crippen LogP contribution in [0.25, 0.3) is 0 Å². The Morgan fingerprint density at radius 2 is 1.85 bits per heavy atom. The van der Waals surface area contributed by atoms with Crippen molar-refractivity contribution < 1.29 is 5.11 Å². The molecule has 3 heteroatoms. The zero-order valence-electron chi connectivity index (χ0n) is 11.6. The summed E-state index contributed by atoms with van der Waals surface area (Å²) in [5.74, 6) is 0. The van der Waals surface area contributed by atoms with Gasteiger partial charge in [-0.3, -0.25) is 0 Å². The molecule has 2 bridgehead atoms. The van der Waals surface area contributed by atoms with Crippen LogP contribution in [0, 0.1) is 0 Å². The molecule has 0 saturated carbocycles. The summed E-state index contributed by atoms with van der Waals surface area (Å²) in [6.45, 7) is 4.58. The summed E-state index contributed by atoms with van der Waals surface area (Å²) in [6, 6.07) is 8.61. The van der Waals surface area contributed by atoms with Crippen molar-refractivity contribution in [3.63, 3.8) is 0 Å². The van der Waals surface area contributed by atoms with Crippen LogP contribution in [0.1, 0.15) is 12.5 Å². The molecule has 2 aliphatic heterocycles. The summed E-state index contributed by atoms with van der Waals surface area (Å²) in [6.07, 6.45) is 7.89. The van der Waals surface area contributed by atoms with Crippen LogP contribution in [-0.2, 0) is 6.54 Å².